The highest BCUT2D eigenvalue weighted by atomic mass is 35.5. The van der Waals surface area contributed by atoms with Crippen LogP contribution in [0, 0.1) is 0 Å². The van der Waals surface area contributed by atoms with Gasteiger partial charge in [0.05, 0.1) is 0 Å². The Labute approximate surface area is 193 Å². The summed E-state index contributed by atoms with van der Waals surface area (Å²) in [6, 6.07) is 24.1. The van der Waals surface area contributed by atoms with Crippen LogP contribution in [0.1, 0.15) is 37.5 Å². The third-order valence-electron chi connectivity index (χ3n) is 5.64. The van der Waals surface area contributed by atoms with Crippen molar-refractivity contribution < 1.29 is 0 Å². The van der Waals surface area contributed by atoms with Crippen LogP contribution in [0.3, 0.4) is 0 Å². The molecule has 1 aliphatic carbocycles. The first-order valence-corrected chi connectivity index (χ1v) is 10.9. The number of hydrogen-bond donors (Lipinski definition) is 0. The second-order valence-corrected chi connectivity index (χ2v) is 8.83. The van der Waals surface area contributed by atoms with E-state index >= 15 is 0 Å². The average molecular weight is 452 g/mol. The van der Waals surface area contributed by atoms with E-state index in [1.807, 2.05) is 36.4 Å². The molecule has 0 aromatic heterocycles. The topological polar surface area (TPSA) is 0 Å². The highest BCUT2D eigenvalue weighted by molar-refractivity contribution is 6.31. The molecule has 4 rings (SSSR count). The predicted molar refractivity (Wildman–Crippen MR) is 132 cm³/mol. The van der Waals surface area contributed by atoms with Gasteiger partial charge in [-0.25, -0.2) is 0 Å². The average Bonchev–Trinajstić information content (AvgIpc) is 3.49. The standard InChI is InChI=1S/C27H21Cl3/c1-16(19-4-10-22(28)11-5-19)25-26(17(2)20-6-12-23(29)13-7-20)27(25)18(3)21-8-14-24(30)15-9-21/h4-15H,1-3H3. The molecule has 0 radical (unpaired) electrons. The largest absolute Gasteiger partial charge is 0.0843 e. The molecule has 0 atom stereocenters. The molecular weight excluding hydrogens is 431 g/mol. The highest BCUT2D eigenvalue weighted by Gasteiger charge is 2.36. The van der Waals surface area contributed by atoms with Gasteiger partial charge in [0.25, 0.3) is 0 Å². The van der Waals surface area contributed by atoms with Crippen molar-refractivity contribution in [2.24, 2.45) is 0 Å². The zero-order valence-corrected chi connectivity index (χ0v) is 19.3. The van der Waals surface area contributed by atoms with Crippen molar-refractivity contribution in [1.29, 1.82) is 0 Å². The number of hydrogen-bond acceptors (Lipinski definition) is 0. The number of benzene rings is 3. The summed E-state index contributed by atoms with van der Waals surface area (Å²) in [6.45, 7) is 6.53. The SMILES string of the molecule is CC(=C1C(=C(C)c2ccc(Cl)cc2)C1=C(C)c1ccc(Cl)cc1)c1ccc(Cl)cc1. The summed E-state index contributed by atoms with van der Waals surface area (Å²) < 4.78 is 0. The maximum atomic E-state index is 6.10. The van der Waals surface area contributed by atoms with Gasteiger partial charge >= 0.3 is 0 Å². The summed E-state index contributed by atoms with van der Waals surface area (Å²) in [5, 5.41) is 2.23. The molecule has 0 unspecified atom stereocenters. The molecule has 0 spiro atoms. The van der Waals surface area contributed by atoms with Gasteiger partial charge in [-0.3, -0.25) is 0 Å². The van der Waals surface area contributed by atoms with Crippen molar-refractivity contribution in [2.75, 3.05) is 0 Å². The lowest BCUT2D eigenvalue weighted by molar-refractivity contribution is 1.55. The molecule has 0 amide bonds. The summed E-state index contributed by atoms with van der Waals surface area (Å²) in [4.78, 5) is 0. The molecular formula is C27H21Cl3. The van der Waals surface area contributed by atoms with Crippen LogP contribution in [-0.2, 0) is 0 Å². The van der Waals surface area contributed by atoms with Crippen LogP contribution in [0.5, 0.6) is 0 Å². The van der Waals surface area contributed by atoms with Gasteiger partial charge < -0.3 is 0 Å². The predicted octanol–water partition coefficient (Wildman–Crippen LogP) is 9.38. The Kier molecular flexibility index (Phi) is 5.93. The molecule has 3 aromatic carbocycles. The van der Waals surface area contributed by atoms with E-state index in [-0.39, 0.29) is 0 Å². The molecule has 30 heavy (non-hydrogen) atoms. The van der Waals surface area contributed by atoms with E-state index in [2.05, 4.69) is 57.2 Å². The minimum absolute atomic E-state index is 0.744. The van der Waals surface area contributed by atoms with Gasteiger partial charge in [-0.1, -0.05) is 71.2 Å². The Hall–Kier alpha value is -2.25. The van der Waals surface area contributed by atoms with Crippen molar-refractivity contribution in [2.45, 2.75) is 20.8 Å². The van der Waals surface area contributed by atoms with Crippen LogP contribution in [0.25, 0.3) is 16.7 Å². The number of rotatable bonds is 3. The van der Waals surface area contributed by atoms with Crippen LogP contribution in [0.15, 0.2) is 89.5 Å². The molecule has 1 aliphatic rings. The van der Waals surface area contributed by atoms with E-state index in [4.69, 9.17) is 34.8 Å². The highest BCUT2D eigenvalue weighted by Crippen LogP contribution is 2.55. The van der Waals surface area contributed by atoms with Crippen LogP contribution in [0.4, 0.5) is 0 Å². The van der Waals surface area contributed by atoms with Crippen molar-refractivity contribution in [3.8, 4) is 0 Å². The molecule has 0 aliphatic heterocycles. The zero-order chi connectivity index (χ0) is 21.4. The third kappa shape index (κ3) is 4.14. The number of halogens is 3. The maximum absolute atomic E-state index is 6.10. The summed E-state index contributed by atoms with van der Waals surface area (Å²) in [5.41, 5.74) is 11.2. The van der Waals surface area contributed by atoms with Gasteiger partial charge in [0.1, 0.15) is 0 Å². The maximum Gasteiger partial charge on any atom is 0.0406 e. The summed E-state index contributed by atoms with van der Waals surface area (Å²) in [5.74, 6) is 0. The normalized spacial score (nSPS) is 12.8. The van der Waals surface area contributed by atoms with E-state index in [1.165, 1.54) is 50.1 Å². The first-order valence-electron chi connectivity index (χ1n) is 9.78. The lowest BCUT2D eigenvalue weighted by Gasteiger charge is -2.02. The van der Waals surface area contributed by atoms with E-state index in [1.54, 1.807) is 0 Å². The second-order valence-electron chi connectivity index (χ2n) is 7.52. The van der Waals surface area contributed by atoms with Crippen LogP contribution < -0.4 is 0 Å². The van der Waals surface area contributed by atoms with E-state index in [0.29, 0.717) is 0 Å². The van der Waals surface area contributed by atoms with Crippen molar-refractivity contribution in [3.05, 3.63) is 121 Å². The van der Waals surface area contributed by atoms with Crippen LogP contribution in [0.2, 0.25) is 15.1 Å². The van der Waals surface area contributed by atoms with Crippen LogP contribution >= 0.6 is 34.8 Å². The molecule has 0 saturated heterocycles. The Morgan fingerprint density at radius 3 is 0.800 bits per heavy atom. The molecule has 0 heterocycles. The molecule has 3 heteroatoms. The number of allylic oxidation sites excluding steroid dienone is 6. The van der Waals surface area contributed by atoms with Gasteiger partial charge in [0.2, 0.25) is 0 Å². The Balaban J connectivity index is 1.91. The minimum atomic E-state index is 0.744. The van der Waals surface area contributed by atoms with Crippen molar-refractivity contribution in [3.63, 3.8) is 0 Å². The van der Waals surface area contributed by atoms with E-state index < -0.39 is 0 Å². The zero-order valence-electron chi connectivity index (χ0n) is 17.1. The molecule has 1 fully saturated rings. The lowest BCUT2D eigenvalue weighted by atomic mass is 10.0. The fourth-order valence-electron chi connectivity index (χ4n) is 3.85. The Morgan fingerprint density at radius 1 is 0.400 bits per heavy atom. The molecule has 0 nitrogen and oxygen atoms in total. The monoisotopic (exact) mass is 450 g/mol. The van der Waals surface area contributed by atoms with E-state index in [0.717, 1.165) is 15.1 Å². The fourth-order valence-corrected chi connectivity index (χ4v) is 4.22. The quantitative estimate of drug-likeness (QED) is 0.372. The van der Waals surface area contributed by atoms with Gasteiger partial charge in [0.15, 0.2) is 0 Å². The fraction of sp³-hybridized carbons (Fsp3) is 0.111. The van der Waals surface area contributed by atoms with Crippen molar-refractivity contribution in [1.82, 2.24) is 0 Å². The molecule has 0 bridgehead atoms. The Bertz CT molecular complexity index is 1020. The Morgan fingerprint density at radius 2 is 0.600 bits per heavy atom. The van der Waals surface area contributed by atoms with Crippen molar-refractivity contribution >= 4 is 51.5 Å². The van der Waals surface area contributed by atoms with Gasteiger partial charge in [-0.05, 0) is 107 Å². The second kappa shape index (κ2) is 8.47. The van der Waals surface area contributed by atoms with Gasteiger partial charge in [0, 0.05) is 15.1 Å². The minimum Gasteiger partial charge on any atom is -0.0843 e. The molecule has 3 aromatic rings. The molecule has 150 valence electrons. The molecule has 0 N–H and O–H groups in total. The van der Waals surface area contributed by atoms with Crippen LogP contribution in [-0.4, -0.2) is 0 Å². The smallest absolute Gasteiger partial charge is 0.0406 e. The summed E-state index contributed by atoms with van der Waals surface area (Å²) in [7, 11) is 0. The van der Waals surface area contributed by atoms with E-state index in [9.17, 15) is 0 Å². The first kappa shape index (κ1) is 21.0. The summed E-state index contributed by atoms with van der Waals surface area (Å²) in [6.07, 6.45) is 0. The first-order chi connectivity index (χ1) is 14.4. The third-order valence-corrected chi connectivity index (χ3v) is 6.40. The molecule has 1 saturated carbocycles. The lowest BCUT2D eigenvalue weighted by Crippen LogP contribution is -1.80. The van der Waals surface area contributed by atoms with Gasteiger partial charge in [-0.15, -0.1) is 0 Å². The van der Waals surface area contributed by atoms with Gasteiger partial charge in [-0.2, -0.15) is 0 Å². The summed E-state index contributed by atoms with van der Waals surface area (Å²) >= 11 is 18.3.